The summed E-state index contributed by atoms with van der Waals surface area (Å²) in [5.74, 6) is 0. The van der Waals surface area contributed by atoms with Gasteiger partial charge < -0.3 is 10.1 Å². The predicted octanol–water partition coefficient (Wildman–Crippen LogP) is 1.56. The minimum Gasteiger partial charge on any atom is -0.396 e. The average Bonchev–Trinajstić information content (AvgIpc) is 2.26. The molecule has 2 N–H and O–H groups in total. The number of hydrogen-bond acceptors (Lipinski definition) is 1. The topological polar surface area (TPSA) is 36.0 Å². The number of hydrogen-bond donors (Lipinski definition) is 2. The molecule has 11 heavy (non-hydrogen) atoms. The number of nitrogens with one attached hydrogen (secondary N) is 1. The van der Waals surface area contributed by atoms with Gasteiger partial charge in [0, 0.05) is 18.0 Å². The first-order valence-corrected chi connectivity index (χ1v) is 4.00. The molecule has 0 unspecified atom stereocenters. The Labute approximate surface area is 67.3 Å². The summed E-state index contributed by atoms with van der Waals surface area (Å²) in [4.78, 5) is 3.23. The van der Waals surface area contributed by atoms with Crippen LogP contribution in [0.2, 0.25) is 0 Å². The van der Waals surface area contributed by atoms with Crippen molar-refractivity contribution in [2.45, 2.75) is 26.7 Å². The fourth-order valence-corrected chi connectivity index (χ4v) is 1.31. The van der Waals surface area contributed by atoms with E-state index in [0.29, 0.717) is 0 Å². The lowest BCUT2D eigenvalue weighted by Gasteiger charge is -1.95. The third-order valence-corrected chi connectivity index (χ3v) is 1.86. The average molecular weight is 153 g/mol. The standard InChI is InChI=1S/C9H15NO/c1-7-6-9(4-3-5-11)8(2)10-7/h6,10-11H,3-5H2,1-2H3. The van der Waals surface area contributed by atoms with Crippen LogP contribution in [0.4, 0.5) is 0 Å². The molecule has 0 aliphatic carbocycles. The van der Waals surface area contributed by atoms with E-state index in [0.717, 1.165) is 12.8 Å². The number of aromatic amines is 1. The Kier molecular flexibility index (Phi) is 2.71. The number of H-pyrrole nitrogens is 1. The lowest BCUT2D eigenvalue weighted by Crippen LogP contribution is -1.89. The van der Waals surface area contributed by atoms with Gasteiger partial charge in [0.15, 0.2) is 0 Å². The highest BCUT2D eigenvalue weighted by Crippen LogP contribution is 2.10. The Morgan fingerprint density at radius 3 is 2.64 bits per heavy atom. The van der Waals surface area contributed by atoms with Crippen molar-refractivity contribution in [3.63, 3.8) is 0 Å². The van der Waals surface area contributed by atoms with Crippen LogP contribution in [0.3, 0.4) is 0 Å². The molecule has 0 amide bonds. The molecule has 0 saturated carbocycles. The predicted molar refractivity (Wildman–Crippen MR) is 45.7 cm³/mol. The quantitative estimate of drug-likeness (QED) is 0.679. The largest absolute Gasteiger partial charge is 0.396 e. The van der Waals surface area contributed by atoms with Crippen LogP contribution >= 0.6 is 0 Å². The SMILES string of the molecule is Cc1cc(CCCO)c(C)[nH]1. The number of aromatic nitrogens is 1. The van der Waals surface area contributed by atoms with E-state index in [1.165, 1.54) is 17.0 Å². The van der Waals surface area contributed by atoms with E-state index in [-0.39, 0.29) is 6.61 Å². The van der Waals surface area contributed by atoms with Gasteiger partial charge in [-0.2, -0.15) is 0 Å². The fourth-order valence-electron chi connectivity index (χ4n) is 1.31. The van der Waals surface area contributed by atoms with Gasteiger partial charge in [-0.05, 0) is 38.3 Å². The van der Waals surface area contributed by atoms with Crippen LogP contribution in [0, 0.1) is 13.8 Å². The van der Waals surface area contributed by atoms with Crippen LogP contribution in [0.5, 0.6) is 0 Å². The fraction of sp³-hybridized carbons (Fsp3) is 0.556. The Bertz CT molecular complexity index is 227. The van der Waals surface area contributed by atoms with Crippen LogP contribution in [-0.2, 0) is 6.42 Å². The van der Waals surface area contributed by atoms with Crippen LogP contribution < -0.4 is 0 Å². The Balaban J connectivity index is 2.62. The molecular formula is C9H15NO. The van der Waals surface area contributed by atoms with Crippen molar-refractivity contribution in [3.8, 4) is 0 Å². The van der Waals surface area contributed by atoms with Gasteiger partial charge in [0.25, 0.3) is 0 Å². The van der Waals surface area contributed by atoms with Crippen molar-refractivity contribution in [1.29, 1.82) is 0 Å². The normalized spacial score (nSPS) is 10.5. The van der Waals surface area contributed by atoms with E-state index in [9.17, 15) is 0 Å². The first kappa shape index (κ1) is 8.34. The van der Waals surface area contributed by atoms with Crippen molar-refractivity contribution in [1.82, 2.24) is 4.98 Å². The van der Waals surface area contributed by atoms with Crippen molar-refractivity contribution >= 4 is 0 Å². The molecule has 0 bridgehead atoms. The third kappa shape index (κ3) is 2.09. The molecule has 1 heterocycles. The molecule has 0 radical (unpaired) electrons. The van der Waals surface area contributed by atoms with Crippen molar-refractivity contribution < 1.29 is 5.11 Å². The zero-order valence-electron chi connectivity index (χ0n) is 7.15. The maximum Gasteiger partial charge on any atom is 0.0434 e. The molecule has 0 aliphatic rings. The number of aliphatic hydroxyl groups excluding tert-OH is 1. The van der Waals surface area contributed by atoms with E-state index in [2.05, 4.69) is 24.9 Å². The van der Waals surface area contributed by atoms with Gasteiger partial charge in [0.2, 0.25) is 0 Å². The molecule has 0 spiro atoms. The molecule has 2 heteroatoms. The van der Waals surface area contributed by atoms with E-state index < -0.39 is 0 Å². The molecule has 0 atom stereocenters. The van der Waals surface area contributed by atoms with E-state index in [4.69, 9.17) is 5.11 Å². The maximum absolute atomic E-state index is 8.62. The van der Waals surface area contributed by atoms with E-state index in [1.807, 2.05) is 0 Å². The van der Waals surface area contributed by atoms with Gasteiger partial charge in [-0.1, -0.05) is 0 Å². The monoisotopic (exact) mass is 153 g/mol. The molecule has 0 saturated heterocycles. The summed E-state index contributed by atoms with van der Waals surface area (Å²) < 4.78 is 0. The van der Waals surface area contributed by atoms with Gasteiger partial charge in [0.05, 0.1) is 0 Å². The lowest BCUT2D eigenvalue weighted by molar-refractivity contribution is 0.288. The zero-order valence-corrected chi connectivity index (χ0v) is 7.15. The minimum absolute atomic E-state index is 0.281. The second kappa shape index (κ2) is 3.58. The molecule has 0 aliphatic heterocycles. The summed E-state index contributed by atoms with van der Waals surface area (Å²) in [5.41, 5.74) is 3.77. The molecular weight excluding hydrogens is 138 g/mol. The number of aryl methyl sites for hydroxylation is 3. The van der Waals surface area contributed by atoms with E-state index >= 15 is 0 Å². The highest BCUT2D eigenvalue weighted by atomic mass is 16.2. The summed E-state index contributed by atoms with van der Waals surface area (Å²) in [7, 11) is 0. The van der Waals surface area contributed by atoms with Crippen LogP contribution in [0.25, 0.3) is 0 Å². The summed E-state index contributed by atoms with van der Waals surface area (Å²) in [6.45, 7) is 4.40. The first-order chi connectivity index (χ1) is 5.24. The third-order valence-electron chi connectivity index (χ3n) is 1.86. The van der Waals surface area contributed by atoms with Crippen LogP contribution in [-0.4, -0.2) is 16.7 Å². The Morgan fingerprint density at radius 1 is 1.45 bits per heavy atom. The molecule has 0 fully saturated rings. The van der Waals surface area contributed by atoms with E-state index in [1.54, 1.807) is 0 Å². The maximum atomic E-state index is 8.62. The summed E-state index contributed by atoms with van der Waals surface area (Å²) in [5, 5.41) is 8.62. The summed E-state index contributed by atoms with van der Waals surface area (Å²) in [6.07, 6.45) is 1.84. The molecule has 1 rings (SSSR count). The molecule has 1 aromatic rings. The number of aliphatic hydroxyl groups is 1. The summed E-state index contributed by atoms with van der Waals surface area (Å²) >= 11 is 0. The second-order valence-electron chi connectivity index (χ2n) is 2.93. The Hall–Kier alpha value is -0.760. The zero-order chi connectivity index (χ0) is 8.27. The smallest absolute Gasteiger partial charge is 0.0434 e. The van der Waals surface area contributed by atoms with Gasteiger partial charge in [-0.25, -0.2) is 0 Å². The highest BCUT2D eigenvalue weighted by molar-refractivity contribution is 5.24. The lowest BCUT2D eigenvalue weighted by atomic mass is 10.1. The molecule has 1 aromatic heterocycles. The number of rotatable bonds is 3. The van der Waals surface area contributed by atoms with Crippen LogP contribution in [0.1, 0.15) is 23.4 Å². The minimum atomic E-state index is 0.281. The van der Waals surface area contributed by atoms with Gasteiger partial charge >= 0.3 is 0 Å². The van der Waals surface area contributed by atoms with Crippen LogP contribution in [0.15, 0.2) is 6.07 Å². The van der Waals surface area contributed by atoms with Crippen molar-refractivity contribution in [2.75, 3.05) is 6.61 Å². The van der Waals surface area contributed by atoms with Gasteiger partial charge in [-0.15, -0.1) is 0 Å². The second-order valence-corrected chi connectivity index (χ2v) is 2.93. The molecule has 0 aromatic carbocycles. The Morgan fingerprint density at radius 2 is 2.18 bits per heavy atom. The highest BCUT2D eigenvalue weighted by Gasteiger charge is 1.99. The molecule has 62 valence electrons. The summed E-state index contributed by atoms with van der Waals surface area (Å²) in [6, 6.07) is 2.14. The van der Waals surface area contributed by atoms with Gasteiger partial charge in [-0.3, -0.25) is 0 Å². The van der Waals surface area contributed by atoms with Crippen molar-refractivity contribution in [3.05, 3.63) is 23.0 Å². The molecule has 2 nitrogen and oxygen atoms in total. The van der Waals surface area contributed by atoms with Gasteiger partial charge in [0.1, 0.15) is 0 Å². The first-order valence-electron chi connectivity index (χ1n) is 4.00. The van der Waals surface area contributed by atoms with Crippen molar-refractivity contribution in [2.24, 2.45) is 0 Å².